The monoisotopic (exact) mass is 494 g/mol. The van der Waals surface area contributed by atoms with Crippen LogP contribution in [0.15, 0.2) is 77.8 Å². The van der Waals surface area contributed by atoms with Crippen molar-refractivity contribution in [2.75, 3.05) is 20.7 Å². The quantitative estimate of drug-likeness (QED) is 0.231. The van der Waals surface area contributed by atoms with Crippen LogP contribution in [0.25, 0.3) is 10.9 Å². The van der Waals surface area contributed by atoms with Crippen molar-refractivity contribution in [1.29, 1.82) is 0 Å². The normalized spacial score (nSPS) is 12.3. The number of amides is 1. The molecule has 0 bridgehead atoms. The van der Waals surface area contributed by atoms with Gasteiger partial charge >= 0.3 is 0 Å². The maximum absolute atomic E-state index is 11.9. The largest absolute Gasteiger partial charge is 0.494 e. The Morgan fingerprint density at radius 3 is 2.49 bits per heavy atom. The first-order valence-corrected chi connectivity index (χ1v) is 12.0. The maximum Gasteiger partial charge on any atom is 0.296 e. The molecule has 1 atom stereocenters. The molecule has 0 aliphatic heterocycles. The average Bonchev–Trinajstić information content (AvgIpc) is 3.21. The molecule has 7 heteroatoms. The van der Waals surface area contributed by atoms with Crippen molar-refractivity contribution in [2.45, 2.75) is 19.5 Å². The van der Waals surface area contributed by atoms with Crippen LogP contribution in [0, 0.1) is 11.8 Å². The first kappa shape index (κ1) is 25.7. The molecule has 188 valence electrons. The Balaban J connectivity index is 1.73. The molecule has 3 aromatic carbocycles. The van der Waals surface area contributed by atoms with E-state index in [0.29, 0.717) is 22.4 Å². The van der Waals surface area contributed by atoms with Gasteiger partial charge in [-0.2, -0.15) is 0 Å². The van der Waals surface area contributed by atoms with Gasteiger partial charge in [-0.1, -0.05) is 54.5 Å². The Hall–Kier alpha value is -4.38. The van der Waals surface area contributed by atoms with Gasteiger partial charge in [0.05, 0.1) is 35.1 Å². The molecule has 4 rings (SSSR count). The summed E-state index contributed by atoms with van der Waals surface area (Å²) < 4.78 is 0. The third-order valence-corrected chi connectivity index (χ3v) is 5.71. The van der Waals surface area contributed by atoms with E-state index in [1.165, 1.54) is 5.56 Å². The molecule has 4 N–H and O–H groups in total. The van der Waals surface area contributed by atoms with Crippen LogP contribution in [0.1, 0.15) is 29.2 Å². The molecule has 1 heterocycles. The molecule has 1 amide bonds. The number of aromatic amines is 1. The highest BCUT2D eigenvalue weighted by Crippen LogP contribution is 2.32. The Bertz CT molecular complexity index is 1480. The van der Waals surface area contributed by atoms with E-state index in [1.807, 2.05) is 62.6 Å². The van der Waals surface area contributed by atoms with Crippen LogP contribution in [0.2, 0.25) is 0 Å². The second-order valence-corrected chi connectivity index (χ2v) is 9.15. The maximum atomic E-state index is 11.9. The lowest BCUT2D eigenvalue weighted by atomic mass is 10.00. The number of hydrogen-bond donors (Lipinski definition) is 4. The molecule has 0 unspecified atom stereocenters. The number of carbonyl (C=O) groups excluding carboxylic acids is 1. The zero-order valence-electron chi connectivity index (χ0n) is 21.1. The molecule has 0 fully saturated rings. The fourth-order valence-electron chi connectivity index (χ4n) is 3.97. The van der Waals surface area contributed by atoms with Crippen LogP contribution in [0.3, 0.4) is 0 Å². The van der Waals surface area contributed by atoms with Crippen molar-refractivity contribution in [3.05, 3.63) is 95.1 Å². The second-order valence-electron chi connectivity index (χ2n) is 9.15. The summed E-state index contributed by atoms with van der Waals surface area (Å²) in [6.07, 6.45) is 0. The summed E-state index contributed by atoms with van der Waals surface area (Å²) >= 11 is 0. The number of H-pyrrole nitrogens is 1. The predicted octanol–water partition coefficient (Wildman–Crippen LogP) is 3.95. The first-order valence-electron chi connectivity index (χ1n) is 12.0. The standard InChI is InChI=1S/C30H30N4O3/c1-20(19-35)31-27(36)16-12-21-11-15-25-26(17-21)33-30(37)28(25)29(23-7-5-4-6-8-23)32-24-13-9-22(10-14-24)18-34(2)3/h4-11,13-15,17,20,33,35,37H,18-19H2,1-3H3,(H,31,36)/t20-/m0/s1. The number of aliphatic hydroxyl groups is 1. The number of aromatic hydroxyl groups is 1. The van der Waals surface area contributed by atoms with Gasteiger partial charge in [0, 0.05) is 29.0 Å². The van der Waals surface area contributed by atoms with E-state index in [9.17, 15) is 9.90 Å². The number of nitrogens with one attached hydrogen (secondary N) is 2. The van der Waals surface area contributed by atoms with E-state index in [-0.39, 0.29) is 18.5 Å². The van der Waals surface area contributed by atoms with E-state index >= 15 is 0 Å². The van der Waals surface area contributed by atoms with E-state index in [4.69, 9.17) is 10.1 Å². The summed E-state index contributed by atoms with van der Waals surface area (Å²) in [7, 11) is 4.06. The van der Waals surface area contributed by atoms with Crippen molar-refractivity contribution >= 4 is 28.2 Å². The third kappa shape index (κ3) is 6.44. The van der Waals surface area contributed by atoms with Crippen molar-refractivity contribution < 1.29 is 15.0 Å². The summed E-state index contributed by atoms with van der Waals surface area (Å²) in [5.41, 5.74) is 5.35. The minimum Gasteiger partial charge on any atom is -0.494 e. The van der Waals surface area contributed by atoms with Crippen molar-refractivity contribution in [2.24, 2.45) is 4.99 Å². The summed E-state index contributed by atoms with van der Waals surface area (Å²) in [6, 6.07) is 22.9. The molecule has 0 saturated carbocycles. The van der Waals surface area contributed by atoms with Crippen LogP contribution in [-0.4, -0.2) is 58.5 Å². The van der Waals surface area contributed by atoms with E-state index in [2.05, 4.69) is 39.2 Å². The van der Waals surface area contributed by atoms with E-state index in [0.717, 1.165) is 23.2 Å². The number of rotatable bonds is 7. The Morgan fingerprint density at radius 1 is 1.08 bits per heavy atom. The van der Waals surface area contributed by atoms with Crippen LogP contribution in [0.4, 0.5) is 5.69 Å². The van der Waals surface area contributed by atoms with Gasteiger partial charge in [0.15, 0.2) is 5.88 Å². The number of benzene rings is 3. The molecule has 4 aromatic rings. The average molecular weight is 495 g/mol. The lowest BCUT2D eigenvalue weighted by Gasteiger charge is -2.10. The number of aliphatic hydroxyl groups excluding tert-OH is 1. The third-order valence-electron chi connectivity index (χ3n) is 5.71. The van der Waals surface area contributed by atoms with Gasteiger partial charge in [0.25, 0.3) is 5.91 Å². The second kappa shape index (κ2) is 11.6. The molecule has 0 aliphatic rings. The molecular formula is C30H30N4O3. The van der Waals surface area contributed by atoms with Gasteiger partial charge in [0.2, 0.25) is 0 Å². The number of hydrogen-bond acceptors (Lipinski definition) is 5. The summed E-state index contributed by atoms with van der Waals surface area (Å²) in [5, 5.41) is 23.4. The lowest BCUT2D eigenvalue weighted by molar-refractivity contribution is -0.116. The highest BCUT2D eigenvalue weighted by Gasteiger charge is 2.19. The highest BCUT2D eigenvalue weighted by molar-refractivity contribution is 6.22. The van der Waals surface area contributed by atoms with Gasteiger partial charge in [-0.05, 0) is 50.8 Å². The van der Waals surface area contributed by atoms with Crippen LogP contribution in [0.5, 0.6) is 5.88 Å². The highest BCUT2D eigenvalue weighted by atomic mass is 16.3. The molecule has 37 heavy (non-hydrogen) atoms. The Kier molecular flexibility index (Phi) is 8.04. The molecule has 0 radical (unpaired) electrons. The van der Waals surface area contributed by atoms with Crippen LogP contribution >= 0.6 is 0 Å². The van der Waals surface area contributed by atoms with Gasteiger partial charge < -0.3 is 25.4 Å². The van der Waals surface area contributed by atoms with Crippen molar-refractivity contribution in [3.8, 4) is 17.7 Å². The van der Waals surface area contributed by atoms with Crippen LogP contribution < -0.4 is 5.32 Å². The number of carbonyl (C=O) groups is 1. The lowest BCUT2D eigenvalue weighted by Crippen LogP contribution is -2.33. The fourth-order valence-corrected chi connectivity index (χ4v) is 3.97. The molecule has 0 aliphatic carbocycles. The number of aliphatic imine (C=N–C) groups is 1. The predicted molar refractivity (Wildman–Crippen MR) is 147 cm³/mol. The SMILES string of the molecule is C[C@@H](CO)NC(=O)C#Cc1ccc2c(C(=Nc3ccc(CN(C)C)cc3)c3ccccc3)c(O)[nH]c2c1. The molecule has 0 saturated heterocycles. The Morgan fingerprint density at radius 2 is 1.81 bits per heavy atom. The van der Waals surface area contributed by atoms with Crippen LogP contribution in [-0.2, 0) is 11.3 Å². The van der Waals surface area contributed by atoms with Gasteiger partial charge in [-0.25, -0.2) is 4.99 Å². The summed E-state index contributed by atoms with van der Waals surface area (Å²) in [6.45, 7) is 2.38. The molecular weight excluding hydrogens is 464 g/mol. The van der Waals surface area contributed by atoms with Crippen molar-refractivity contribution in [1.82, 2.24) is 15.2 Å². The van der Waals surface area contributed by atoms with Gasteiger partial charge in [0.1, 0.15) is 0 Å². The van der Waals surface area contributed by atoms with Gasteiger partial charge in [-0.3, -0.25) is 4.79 Å². The Labute approximate surface area is 216 Å². The smallest absolute Gasteiger partial charge is 0.296 e. The number of aromatic nitrogens is 1. The van der Waals surface area contributed by atoms with E-state index in [1.54, 1.807) is 19.1 Å². The fraction of sp³-hybridized carbons (Fsp3) is 0.200. The van der Waals surface area contributed by atoms with E-state index < -0.39 is 5.91 Å². The topological polar surface area (TPSA) is 101 Å². The minimum absolute atomic E-state index is 0.00135. The zero-order chi connectivity index (χ0) is 26.4. The number of fused-ring (bicyclic) bond motifs is 1. The van der Waals surface area contributed by atoms with Crippen molar-refractivity contribution in [3.63, 3.8) is 0 Å². The minimum atomic E-state index is -0.466. The summed E-state index contributed by atoms with van der Waals surface area (Å²) in [5.74, 6) is 4.90. The molecule has 0 spiro atoms. The number of nitrogens with zero attached hydrogens (tertiary/aromatic N) is 2. The molecule has 1 aromatic heterocycles. The first-order chi connectivity index (χ1) is 17.8. The van der Waals surface area contributed by atoms with Gasteiger partial charge in [-0.15, -0.1) is 0 Å². The zero-order valence-corrected chi connectivity index (χ0v) is 21.1. The molecule has 7 nitrogen and oxygen atoms in total. The summed E-state index contributed by atoms with van der Waals surface area (Å²) in [4.78, 5) is 22.0.